The van der Waals surface area contributed by atoms with Gasteiger partial charge in [-0.15, -0.1) is 0 Å². The number of hydrogen-bond acceptors (Lipinski definition) is 3. The predicted octanol–water partition coefficient (Wildman–Crippen LogP) is 3.55. The Bertz CT molecular complexity index is 740. The molecule has 118 valence electrons. The van der Waals surface area contributed by atoms with Gasteiger partial charge >= 0.3 is 0 Å². The smallest absolute Gasteiger partial charge is 0.0924 e. The summed E-state index contributed by atoms with van der Waals surface area (Å²) in [4.78, 5) is 0. The first-order valence-corrected chi connectivity index (χ1v) is 7.83. The number of hydrogen-bond donors (Lipinski definition) is 3. The van der Waals surface area contributed by atoms with Crippen LogP contribution < -0.4 is 5.32 Å². The molecule has 0 aliphatic carbocycles. The molecule has 0 radical (unpaired) electrons. The molecule has 5 heteroatoms. The van der Waals surface area contributed by atoms with Crippen molar-refractivity contribution in [3.05, 3.63) is 76.9 Å². The van der Waals surface area contributed by atoms with Crippen LogP contribution in [-0.4, -0.2) is 21.9 Å². The number of aliphatic hydroxyl groups is 1. The number of aliphatic hydroxyl groups excluding tert-OH is 1. The van der Waals surface area contributed by atoms with Gasteiger partial charge in [-0.3, -0.25) is 5.10 Å². The fourth-order valence-electron chi connectivity index (χ4n) is 2.43. The van der Waals surface area contributed by atoms with Crippen LogP contribution in [0.4, 0.5) is 0 Å². The van der Waals surface area contributed by atoms with Crippen molar-refractivity contribution in [2.45, 2.75) is 12.6 Å². The summed E-state index contributed by atoms with van der Waals surface area (Å²) >= 11 is 5.90. The fraction of sp³-hybridized carbons (Fsp3) is 0.167. The highest BCUT2D eigenvalue weighted by Gasteiger charge is 2.11. The number of nitrogens with zero attached hydrogens (tertiary/aromatic N) is 1. The standard InChI is InChI=1S/C18H18ClN3O/c19-15-8-6-14(7-9-15)18(12-23)20-11-16-10-17(22-21-16)13-4-2-1-3-5-13/h1-10,18,20,23H,11-12H2,(H,21,22). The van der Waals surface area contributed by atoms with Crippen LogP contribution in [0.15, 0.2) is 60.7 Å². The highest BCUT2D eigenvalue weighted by atomic mass is 35.5. The van der Waals surface area contributed by atoms with Gasteiger partial charge in [0, 0.05) is 22.8 Å². The average Bonchev–Trinajstić information content (AvgIpc) is 3.07. The molecule has 0 aliphatic rings. The maximum Gasteiger partial charge on any atom is 0.0924 e. The van der Waals surface area contributed by atoms with E-state index in [1.54, 1.807) is 0 Å². The molecule has 0 aliphatic heterocycles. The number of benzene rings is 2. The summed E-state index contributed by atoms with van der Waals surface area (Å²) in [7, 11) is 0. The summed E-state index contributed by atoms with van der Waals surface area (Å²) in [5.74, 6) is 0. The minimum atomic E-state index is -0.143. The van der Waals surface area contributed by atoms with Gasteiger partial charge in [0.1, 0.15) is 0 Å². The zero-order valence-corrected chi connectivity index (χ0v) is 13.3. The zero-order valence-electron chi connectivity index (χ0n) is 12.5. The van der Waals surface area contributed by atoms with Crippen LogP contribution in [0.25, 0.3) is 11.3 Å². The summed E-state index contributed by atoms with van der Waals surface area (Å²) in [5.41, 5.74) is 3.96. The van der Waals surface area contributed by atoms with E-state index in [-0.39, 0.29) is 12.6 Å². The topological polar surface area (TPSA) is 60.9 Å². The van der Waals surface area contributed by atoms with Crippen molar-refractivity contribution in [2.24, 2.45) is 0 Å². The molecule has 1 unspecified atom stereocenters. The Kier molecular flexibility index (Phi) is 5.08. The first kappa shape index (κ1) is 15.7. The molecule has 3 rings (SSSR count). The SMILES string of the molecule is OCC(NCc1cc(-c2ccccc2)n[nH]1)c1ccc(Cl)cc1. The van der Waals surface area contributed by atoms with E-state index in [0.29, 0.717) is 11.6 Å². The summed E-state index contributed by atoms with van der Waals surface area (Å²) in [6.45, 7) is 0.606. The molecule has 1 aromatic heterocycles. The average molecular weight is 328 g/mol. The van der Waals surface area contributed by atoms with Gasteiger partial charge in [0.05, 0.1) is 18.3 Å². The minimum absolute atomic E-state index is 0.0152. The predicted molar refractivity (Wildman–Crippen MR) is 92.1 cm³/mol. The third kappa shape index (κ3) is 3.99. The van der Waals surface area contributed by atoms with E-state index in [4.69, 9.17) is 11.6 Å². The number of nitrogens with one attached hydrogen (secondary N) is 2. The van der Waals surface area contributed by atoms with Gasteiger partial charge in [-0.2, -0.15) is 5.10 Å². The molecule has 0 fully saturated rings. The highest BCUT2D eigenvalue weighted by molar-refractivity contribution is 6.30. The van der Waals surface area contributed by atoms with E-state index in [1.807, 2.05) is 60.7 Å². The molecule has 3 N–H and O–H groups in total. The lowest BCUT2D eigenvalue weighted by atomic mass is 10.1. The number of halogens is 1. The molecule has 0 amide bonds. The lowest BCUT2D eigenvalue weighted by Crippen LogP contribution is -2.24. The summed E-state index contributed by atoms with van der Waals surface area (Å²) in [5, 5.41) is 21.0. The Morgan fingerprint density at radius 2 is 1.83 bits per heavy atom. The van der Waals surface area contributed by atoms with E-state index in [0.717, 1.165) is 22.5 Å². The second kappa shape index (κ2) is 7.42. The molecule has 2 aromatic carbocycles. The Morgan fingerprint density at radius 1 is 1.09 bits per heavy atom. The van der Waals surface area contributed by atoms with Crippen LogP contribution in [0.2, 0.25) is 5.02 Å². The first-order valence-electron chi connectivity index (χ1n) is 7.45. The maximum atomic E-state index is 9.59. The molecule has 4 nitrogen and oxygen atoms in total. The van der Waals surface area contributed by atoms with Gasteiger partial charge in [-0.05, 0) is 23.8 Å². The Hall–Kier alpha value is -2.14. The molecule has 0 saturated carbocycles. The molecule has 0 bridgehead atoms. The Balaban J connectivity index is 1.65. The monoisotopic (exact) mass is 327 g/mol. The second-order valence-corrected chi connectivity index (χ2v) is 5.75. The lowest BCUT2D eigenvalue weighted by Gasteiger charge is -2.16. The van der Waals surface area contributed by atoms with Crippen molar-refractivity contribution in [3.8, 4) is 11.3 Å². The number of rotatable bonds is 6. The van der Waals surface area contributed by atoms with Gasteiger partial charge in [0.15, 0.2) is 0 Å². The Labute approximate surface area is 140 Å². The quantitative estimate of drug-likeness (QED) is 0.649. The molecular weight excluding hydrogens is 310 g/mol. The molecule has 1 heterocycles. The normalized spacial score (nSPS) is 12.3. The minimum Gasteiger partial charge on any atom is -0.394 e. The third-order valence-corrected chi connectivity index (χ3v) is 3.95. The molecule has 1 atom stereocenters. The second-order valence-electron chi connectivity index (χ2n) is 5.31. The van der Waals surface area contributed by atoms with Crippen LogP contribution >= 0.6 is 11.6 Å². The first-order chi connectivity index (χ1) is 11.3. The van der Waals surface area contributed by atoms with Gasteiger partial charge in [0.2, 0.25) is 0 Å². The van der Waals surface area contributed by atoms with E-state index in [2.05, 4.69) is 15.5 Å². The van der Waals surface area contributed by atoms with E-state index in [1.165, 1.54) is 0 Å². The van der Waals surface area contributed by atoms with Crippen LogP contribution in [0, 0.1) is 0 Å². The molecular formula is C18H18ClN3O. The van der Waals surface area contributed by atoms with E-state index >= 15 is 0 Å². The summed E-state index contributed by atoms with van der Waals surface area (Å²) < 4.78 is 0. The third-order valence-electron chi connectivity index (χ3n) is 3.69. The van der Waals surface area contributed by atoms with E-state index < -0.39 is 0 Å². The van der Waals surface area contributed by atoms with Gasteiger partial charge in [0.25, 0.3) is 0 Å². The van der Waals surface area contributed by atoms with Crippen LogP contribution in [0.1, 0.15) is 17.3 Å². The number of aromatic amines is 1. The number of aromatic nitrogens is 2. The van der Waals surface area contributed by atoms with Crippen molar-refractivity contribution in [1.29, 1.82) is 0 Å². The van der Waals surface area contributed by atoms with Crippen LogP contribution in [0.3, 0.4) is 0 Å². The molecule has 0 spiro atoms. The van der Waals surface area contributed by atoms with Gasteiger partial charge < -0.3 is 10.4 Å². The fourth-order valence-corrected chi connectivity index (χ4v) is 2.55. The van der Waals surface area contributed by atoms with Crippen molar-refractivity contribution in [1.82, 2.24) is 15.5 Å². The molecule has 3 aromatic rings. The van der Waals surface area contributed by atoms with Crippen LogP contribution in [0.5, 0.6) is 0 Å². The maximum absolute atomic E-state index is 9.59. The van der Waals surface area contributed by atoms with Crippen molar-refractivity contribution >= 4 is 11.6 Å². The lowest BCUT2D eigenvalue weighted by molar-refractivity contribution is 0.243. The largest absolute Gasteiger partial charge is 0.394 e. The van der Waals surface area contributed by atoms with Gasteiger partial charge in [-0.25, -0.2) is 0 Å². The van der Waals surface area contributed by atoms with Gasteiger partial charge in [-0.1, -0.05) is 54.1 Å². The zero-order chi connectivity index (χ0) is 16.1. The highest BCUT2D eigenvalue weighted by Crippen LogP contribution is 2.19. The molecule has 0 saturated heterocycles. The van der Waals surface area contributed by atoms with Crippen LogP contribution in [-0.2, 0) is 6.54 Å². The summed E-state index contributed by atoms with van der Waals surface area (Å²) in [6, 6.07) is 19.4. The summed E-state index contributed by atoms with van der Waals surface area (Å²) in [6.07, 6.45) is 0. The van der Waals surface area contributed by atoms with E-state index in [9.17, 15) is 5.11 Å². The van der Waals surface area contributed by atoms with Crippen molar-refractivity contribution < 1.29 is 5.11 Å². The van der Waals surface area contributed by atoms with Crippen molar-refractivity contribution in [2.75, 3.05) is 6.61 Å². The van der Waals surface area contributed by atoms with Crippen molar-refractivity contribution in [3.63, 3.8) is 0 Å². The number of H-pyrrole nitrogens is 1. The Morgan fingerprint density at radius 3 is 2.52 bits per heavy atom. The molecule has 23 heavy (non-hydrogen) atoms.